The van der Waals surface area contributed by atoms with Gasteiger partial charge < -0.3 is 4.74 Å². The van der Waals surface area contributed by atoms with E-state index in [1.54, 1.807) is 18.7 Å². The van der Waals surface area contributed by atoms with Gasteiger partial charge in [0.1, 0.15) is 0 Å². The maximum Gasteiger partial charge on any atom is 0.333 e. The van der Waals surface area contributed by atoms with Crippen LogP contribution in [0.25, 0.3) is 0 Å². The molecule has 70 valence electrons. The van der Waals surface area contributed by atoms with E-state index in [4.69, 9.17) is 0 Å². The van der Waals surface area contributed by atoms with Gasteiger partial charge in [0.2, 0.25) is 0 Å². The van der Waals surface area contributed by atoms with Crippen LogP contribution in [0.3, 0.4) is 0 Å². The maximum absolute atomic E-state index is 10.9. The molecule has 0 aromatic rings. The van der Waals surface area contributed by atoms with Gasteiger partial charge in [-0.25, -0.2) is 4.79 Å². The van der Waals surface area contributed by atoms with Crippen molar-refractivity contribution in [1.29, 1.82) is 0 Å². The highest BCUT2D eigenvalue weighted by Crippen LogP contribution is 2.25. The van der Waals surface area contributed by atoms with Gasteiger partial charge in [0.05, 0.1) is 7.11 Å². The average Bonchev–Trinajstić information content (AvgIpc) is 1.97. The van der Waals surface area contributed by atoms with Crippen LogP contribution in [0.1, 0.15) is 27.7 Å². The Kier molecular flexibility index (Phi) is 4.39. The summed E-state index contributed by atoms with van der Waals surface area (Å²) >= 11 is 1.62. The number of methoxy groups -OCH3 is 1. The lowest BCUT2D eigenvalue weighted by Gasteiger charge is -2.14. The number of thioether (sulfide) groups is 1. The summed E-state index contributed by atoms with van der Waals surface area (Å²) in [5.41, 5.74) is 0.650. The van der Waals surface area contributed by atoms with E-state index in [-0.39, 0.29) is 10.7 Å². The number of esters is 1. The summed E-state index contributed by atoms with van der Waals surface area (Å²) in [5.74, 6) is -0.258. The van der Waals surface area contributed by atoms with E-state index in [0.29, 0.717) is 5.57 Å². The van der Waals surface area contributed by atoms with Crippen LogP contribution in [-0.2, 0) is 9.53 Å². The Hall–Kier alpha value is -0.440. The lowest BCUT2D eigenvalue weighted by molar-refractivity contribution is -0.136. The summed E-state index contributed by atoms with van der Waals surface area (Å²) in [6, 6.07) is 0. The maximum atomic E-state index is 10.9. The molecule has 0 aromatic heterocycles. The van der Waals surface area contributed by atoms with Gasteiger partial charge in [-0.2, -0.15) is 0 Å². The first-order chi connectivity index (χ1) is 5.37. The Bertz CT molecular complexity index is 189. The van der Waals surface area contributed by atoms with Crippen LogP contribution in [0.2, 0.25) is 0 Å². The van der Waals surface area contributed by atoms with Gasteiger partial charge in [-0.15, -0.1) is 11.8 Å². The van der Waals surface area contributed by atoms with Crippen molar-refractivity contribution in [2.24, 2.45) is 0 Å². The zero-order chi connectivity index (χ0) is 9.78. The summed E-state index contributed by atoms with van der Waals surface area (Å²) in [6.07, 6.45) is 0. The number of carbonyl (C=O) groups excluding carboxylic acids is 1. The average molecular weight is 188 g/mol. The van der Waals surface area contributed by atoms with Crippen LogP contribution in [0.15, 0.2) is 11.0 Å². The topological polar surface area (TPSA) is 26.3 Å². The summed E-state index contributed by atoms with van der Waals surface area (Å²) in [7, 11) is 1.39. The first-order valence-electron chi connectivity index (χ1n) is 3.79. The first-order valence-corrected chi connectivity index (χ1v) is 4.67. The molecule has 0 aromatic carbocycles. The molecule has 0 N–H and O–H groups in total. The molecule has 0 aliphatic carbocycles. The Morgan fingerprint density at radius 2 is 1.92 bits per heavy atom. The minimum absolute atomic E-state index is 0.148. The Morgan fingerprint density at radius 3 is 2.25 bits per heavy atom. The Labute approximate surface area is 78.4 Å². The van der Waals surface area contributed by atoms with Crippen molar-refractivity contribution in [3.8, 4) is 0 Å². The number of rotatable bonds is 2. The second-order valence-electron chi connectivity index (χ2n) is 3.52. The van der Waals surface area contributed by atoms with E-state index >= 15 is 0 Å². The fraction of sp³-hybridized carbons (Fsp3) is 0.667. The van der Waals surface area contributed by atoms with Crippen molar-refractivity contribution >= 4 is 17.7 Å². The Balaban J connectivity index is 4.10. The molecule has 0 aliphatic heterocycles. The molecule has 0 spiro atoms. The van der Waals surface area contributed by atoms with Crippen molar-refractivity contribution < 1.29 is 9.53 Å². The highest BCUT2D eigenvalue weighted by atomic mass is 32.2. The third kappa shape index (κ3) is 5.24. The number of hydrogen-bond acceptors (Lipinski definition) is 3. The predicted octanol–water partition coefficient (Wildman–Crippen LogP) is 2.59. The van der Waals surface area contributed by atoms with E-state index in [1.807, 2.05) is 5.41 Å². The van der Waals surface area contributed by atoms with Gasteiger partial charge in [0.15, 0.2) is 0 Å². The van der Waals surface area contributed by atoms with Crippen LogP contribution in [0.5, 0.6) is 0 Å². The van der Waals surface area contributed by atoms with Crippen LogP contribution in [-0.4, -0.2) is 17.8 Å². The number of ether oxygens (including phenoxy) is 1. The molecule has 0 atom stereocenters. The standard InChI is InChI=1S/C9H16O2S/c1-7(8(10)11-5)6-12-9(2,3)4/h6H,1-5H3/b7-6+. The van der Waals surface area contributed by atoms with E-state index in [2.05, 4.69) is 25.5 Å². The third-order valence-electron chi connectivity index (χ3n) is 1.10. The molecular formula is C9H16O2S. The van der Waals surface area contributed by atoms with Crippen molar-refractivity contribution in [2.75, 3.05) is 7.11 Å². The Morgan fingerprint density at radius 1 is 1.42 bits per heavy atom. The molecule has 0 bridgehead atoms. The SMILES string of the molecule is COC(=O)/C(C)=C/SC(C)(C)C. The molecule has 2 nitrogen and oxygen atoms in total. The van der Waals surface area contributed by atoms with Gasteiger partial charge >= 0.3 is 5.97 Å². The summed E-state index contributed by atoms with van der Waals surface area (Å²) in [6.45, 7) is 8.04. The molecule has 0 fully saturated rings. The molecule has 0 amide bonds. The molecule has 0 radical (unpaired) electrons. The van der Waals surface area contributed by atoms with E-state index < -0.39 is 0 Å². The molecular weight excluding hydrogens is 172 g/mol. The smallest absolute Gasteiger partial charge is 0.333 e. The lowest BCUT2D eigenvalue weighted by atomic mass is 10.3. The molecule has 12 heavy (non-hydrogen) atoms. The highest BCUT2D eigenvalue weighted by molar-refractivity contribution is 8.03. The van der Waals surface area contributed by atoms with Crippen LogP contribution >= 0.6 is 11.8 Å². The van der Waals surface area contributed by atoms with Gasteiger partial charge in [-0.05, 0) is 12.3 Å². The van der Waals surface area contributed by atoms with Crippen molar-refractivity contribution in [2.45, 2.75) is 32.4 Å². The highest BCUT2D eigenvalue weighted by Gasteiger charge is 2.10. The third-order valence-corrected chi connectivity index (χ3v) is 2.28. The molecule has 0 rings (SSSR count). The van der Waals surface area contributed by atoms with E-state index in [0.717, 1.165) is 0 Å². The van der Waals surface area contributed by atoms with E-state index in [9.17, 15) is 4.79 Å². The zero-order valence-corrected chi connectivity index (χ0v) is 9.12. The second-order valence-corrected chi connectivity index (χ2v) is 5.22. The number of carbonyl (C=O) groups is 1. The van der Waals surface area contributed by atoms with Gasteiger partial charge in [-0.1, -0.05) is 20.8 Å². The quantitative estimate of drug-likeness (QED) is 0.492. The molecule has 0 unspecified atom stereocenters. The predicted molar refractivity (Wildman–Crippen MR) is 53.1 cm³/mol. The van der Waals surface area contributed by atoms with Crippen LogP contribution in [0, 0.1) is 0 Å². The largest absolute Gasteiger partial charge is 0.466 e. The van der Waals surface area contributed by atoms with Gasteiger partial charge in [0, 0.05) is 10.3 Å². The van der Waals surface area contributed by atoms with Crippen molar-refractivity contribution in [1.82, 2.24) is 0 Å². The van der Waals surface area contributed by atoms with Gasteiger partial charge in [0.25, 0.3) is 0 Å². The molecule has 0 saturated heterocycles. The monoisotopic (exact) mass is 188 g/mol. The van der Waals surface area contributed by atoms with Crippen LogP contribution < -0.4 is 0 Å². The fourth-order valence-electron chi connectivity index (χ4n) is 0.474. The van der Waals surface area contributed by atoms with Crippen molar-refractivity contribution in [3.63, 3.8) is 0 Å². The summed E-state index contributed by atoms with van der Waals surface area (Å²) in [5, 5.41) is 1.84. The normalized spacial score (nSPS) is 12.9. The van der Waals surface area contributed by atoms with E-state index in [1.165, 1.54) is 7.11 Å². The fourth-order valence-corrected chi connectivity index (χ4v) is 1.10. The first kappa shape index (κ1) is 11.6. The number of hydrogen-bond donors (Lipinski definition) is 0. The molecule has 3 heteroatoms. The minimum Gasteiger partial charge on any atom is -0.466 e. The second kappa shape index (κ2) is 4.55. The summed E-state index contributed by atoms with van der Waals surface area (Å²) < 4.78 is 4.70. The minimum atomic E-state index is -0.258. The zero-order valence-electron chi connectivity index (χ0n) is 8.30. The lowest BCUT2D eigenvalue weighted by Crippen LogP contribution is -2.07. The molecule has 0 aliphatic rings. The van der Waals surface area contributed by atoms with Crippen molar-refractivity contribution in [3.05, 3.63) is 11.0 Å². The molecule has 0 saturated carbocycles. The summed E-state index contributed by atoms with van der Waals surface area (Å²) in [4.78, 5) is 10.9. The van der Waals surface area contributed by atoms with Gasteiger partial charge in [-0.3, -0.25) is 0 Å². The van der Waals surface area contributed by atoms with Crippen LogP contribution in [0.4, 0.5) is 0 Å². The molecule has 0 heterocycles.